The van der Waals surface area contributed by atoms with Crippen molar-refractivity contribution in [3.8, 4) is 124 Å². The first-order valence-electron chi connectivity index (χ1n) is 39.2. The molecule has 0 radical (unpaired) electrons. The van der Waals surface area contributed by atoms with Crippen molar-refractivity contribution in [2.45, 2.75) is 77.4 Å². The summed E-state index contributed by atoms with van der Waals surface area (Å²) < 4.78 is 13.2. The average Bonchev–Trinajstić information content (AvgIpc) is 1.33. The van der Waals surface area contributed by atoms with E-state index in [4.69, 9.17) is 60.8 Å². The molecule has 0 amide bonds. The molecule has 21 rings (SSSR count). The van der Waals surface area contributed by atoms with Crippen LogP contribution in [0.3, 0.4) is 0 Å². The van der Waals surface area contributed by atoms with Gasteiger partial charge in [-0.25, -0.2) is 49.8 Å². The van der Waals surface area contributed by atoms with Gasteiger partial charge in [0.1, 0.15) is 0 Å². The van der Waals surface area contributed by atoms with Crippen LogP contribution in [0.25, 0.3) is 167 Å². The van der Waals surface area contributed by atoms with Gasteiger partial charge in [0.25, 0.3) is 0 Å². The lowest BCUT2D eigenvalue weighted by atomic mass is 9.71. The van der Waals surface area contributed by atoms with E-state index in [9.17, 15) is 0 Å². The summed E-state index contributed by atoms with van der Waals surface area (Å²) in [5, 5.41) is 9.43. The molecule has 0 bridgehead atoms. The fraction of sp³-hybridized carbons (Fsp3) is 0.118. The van der Waals surface area contributed by atoms with Crippen LogP contribution >= 0.6 is 11.6 Å². The first-order valence-corrected chi connectivity index (χ1v) is 39.6. The molecule has 12 nitrogen and oxygen atoms in total. The standard InChI is InChI=1S/C48H33N5.C41H34BN3O2.C13H11ClN2/c1-48(2)40-24-14-13-19-34(40)39-29-49-47(50-43(39)48)42-37-22-11-9-20-35(37)41(36-21-10-12-23-38(36)42)30-25-27-33(28-26-30)46-52-44(31-15-5-3-6-16-31)51-45(53-46)32-17-7-4-8-18-32;1-40(2)41(3,4)47-42(46-40)36-33-21-13-11-19-31(33)35(32-20-12-14-22-34(32)36)27-23-25-30(26-24-27)39-44-37(28-15-7-5-8-16-28)43-38(45-39)29-17-9-6-10-18-29;1-13(2)10-6-4-3-5-8(10)9-7-15-12(14)16-11(9)13/h3-29H,1-2H3;5-26H,1-4H3;3-7H,1-2H3. The second-order valence-corrected chi connectivity index (χ2v) is 32.1. The van der Waals surface area contributed by atoms with Crippen molar-refractivity contribution in [3.05, 3.63) is 356 Å². The van der Waals surface area contributed by atoms with Crippen LogP contribution < -0.4 is 5.46 Å². The van der Waals surface area contributed by atoms with E-state index in [0.29, 0.717) is 40.2 Å². The van der Waals surface area contributed by atoms with Crippen LogP contribution in [0.2, 0.25) is 5.28 Å². The zero-order valence-electron chi connectivity index (χ0n) is 65.4. The maximum Gasteiger partial charge on any atom is 0.496 e. The van der Waals surface area contributed by atoms with E-state index < -0.39 is 18.3 Å². The van der Waals surface area contributed by atoms with Crippen LogP contribution in [0.1, 0.15) is 77.9 Å². The lowest BCUT2D eigenvalue weighted by molar-refractivity contribution is 0.00578. The highest BCUT2D eigenvalue weighted by Crippen LogP contribution is 2.51. The van der Waals surface area contributed by atoms with Crippen molar-refractivity contribution in [2.24, 2.45) is 0 Å². The van der Waals surface area contributed by atoms with Gasteiger partial charge in [0, 0.05) is 73.3 Å². The van der Waals surface area contributed by atoms with E-state index in [1.165, 1.54) is 33.4 Å². The van der Waals surface area contributed by atoms with Gasteiger partial charge in [-0.3, -0.25) is 0 Å². The Morgan fingerprint density at radius 2 is 0.509 bits per heavy atom. The monoisotopic (exact) mass is 1520 g/mol. The van der Waals surface area contributed by atoms with Gasteiger partial charge in [0.2, 0.25) is 5.28 Å². The first-order chi connectivity index (χ1) is 56.4. The number of halogens is 1. The van der Waals surface area contributed by atoms with Crippen molar-refractivity contribution in [1.82, 2.24) is 49.8 Å². The molecule has 4 aromatic heterocycles. The molecule has 18 aromatic rings. The van der Waals surface area contributed by atoms with Crippen molar-refractivity contribution in [3.63, 3.8) is 0 Å². The lowest BCUT2D eigenvalue weighted by Gasteiger charge is -2.32. The molecular formula is C102H78BClN10O2. The highest BCUT2D eigenvalue weighted by molar-refractivity contribution is 6.69. The Morgan fingerprint density at radius 1 is 0.241 bits per heavy atom. The van der Waals surface area contributed by atoms with Gasteiger partial charge in [0.15, 0.2) is 40.8 Å². The Morgan fingerprint density at radius 3 is 0.862 bits per heavy atom. The third-order valence-corrected chi connectivity index (χ3v) is 23.6. The second-order valence-electron chi connectivity index (χ2n) is 31.7. The average molecular weight is 1520 g/mol. The zero-order valence-corrected chi connectivity index (χ0v) is 66.2. The summed E-state index contributed by atoms with van der Waals surface area (Å²) in [6.45, 7) is 17.3. The van der Waals surface area contributed by atoms with Crippen LogP contribution in [0.4, 0.5) is 0 Å². The van der Waals surface area contributed by atoms with Gasteiger partial charge in [-0.2, -0.15) is 0 Å². The molecule has 1 aliphatic heterocycles. The van der Waals surface area contributed by atoms with Gasteiger partial charge in [0.05, 0.1) is 22.6 Å². The number of benzene rings is 14. The fourth-order valence-corrected chi connectivity index (χ4v) is 16.9. The molecule has 1 saturated heterocycles. The number of hydrogen-bond acceptors (Lipinski definition) is 12. The molecule has 1 fully saturated rings. The number of rotatable bonds is 10. The number of aromatic nitrogens is 10. The van der Waals surface area contributed by atoms with E-state index in [2.05, 4.69) is 253 Å². The Balaban J connectivity index is 0.000000130. The van der Waals surface area contributed by atoms with E-state index in [1.807, 2.05) is 140 Å². The summed E-state index contributed by atoms with van der Waals surface area (Å²) in [7, 11) is -0.479. The maximum atomic E-state index is 6.62. The zero-order chi connectivity index (χ0) is 79.0. The summed E-state index contributed by atoms with van der Waals surface area (Å²) in [6, 6.07) is 109. The Kier molecular flexibility index (Phi) is 18.3. The van der Waals surface area contributed by atoms with Crippen molar-refractivity contribution in [1.29, 1.82) is 0 Å². The molecule has 14 heteroatoms. The molecule has 0 N–H and O–H groups in total. The summed E-state index contributed by atoms with van der Waals surface area (Å²) in [6.07, 6.45) is 3.84. The maximum absolute atomic E-state index is 6.62. The van der Waals surface area contributed by atoms with Gasteiger partial charge < -0.3 is 9.31 Å². The van der Waals surface area contributed by atoms with Gasteiger partial charge >= 0.3 is 7.12 Å². The topological polar surface area (TPSA) is 147 Å². The Labute approximate surface area is 679 Å². The normalized spacial score (nSPS) is 14.3. The van der Waals surface area contributed by atoms with Crippen LogP contribution in [0.5, 0.6) is 0 Å². The van der Waals surface area contributed by atoms with Crippen LogP contribution in [-0.2, 0) is 20.1 Å². The van der Waals surface area contributed by atoms with Crippen LogP contribution in [0, 0.1) is 0 Å². The summed E-state index contributed by atoms with van der Waals surface area (Å²) >= 11 is 5.87. The highest BCUT2D eigenvalue weighted by atomic mass is 35.5. The minimum atomic E-state index is -0.479. The molecule has 0 unspecified atom stereocenters. The summed E-state index contributed by atoms with van der Waals surface area (Å²) in [5.41, 5.74) is 20.5. The minimum Gasteiger partial charge on any atom is -0.399 e. The first kappa shape index (κ1) is 72.8. The van der Waals surface area contributed by atoms with Crippen molar-refractivity contribution < 1.29 is 9.31 Å². The minimum absolute atomic E-state index is 0.0848. The Bertz CT molecular complexity index is 6610. The Hall–Kier alpha value is -13.4. The SMILES string of the molecule is CC1(C)OB(c2c3ccccc3c(-c3ccc(-c4nc(-c5ccccc5)nc(-c5ccccc5)n4)cc3)c3ccccc23)OC1(C)C.CC1(C)c2ccccc2-c2cnc(-c3c4ccccc4c(-c4ccc(-c5nc(-c6ccccc6)nc(-c6ccccc6)n5)cc4)c4ccccc34)nc21.CC1(C)c2ccccc2-c2cnc(Cl)nc21. The lowest BCUT2D eigenvalue weighted by Crippen LogP contribution is -2.41. The quantitative estimate of drug-likeness (QED) is 0.0729. The number of fused-ring (bicyclic) bond motifs is 10. The van der Waals surface area contributed by atoms with Crippen LogP contribution in [-0.4, -0.2) is 68.2 Å². The van der Waals surface area contributed by atoms with E-state index in [0.717, 1.165) is 127 Å². The third kappa shape index (κ3) is 12.9. The molecule has 0 atom stereocenters. The molecule has 558 valence electrons. The number of nitrogens with zero attached hydrogens (tertiary/aromatic N) is 10. The second kappa shape index (κ2) is 29.2. The van der Waals surface area contributed by atoms with Gasteiger partial charge in [-0.1, -0.05) is 343 Å². The largest absolute Gasteiger partial charge is 0.496 e. The molecule has 2 aliphatic carbocycles. The molecule has 116 heavy (non-hydrogen) atoms. The molecule has 0 spiro atoms. The van der Waals surface area contributed by atoms with Gasteiger partial charge in [-0.15, -0.1) is 0 Å². The smallest absolute Gasteiger partial charge is 0.399 e. The highest BCUT2D eigenvalue weighted by Gasteiger charge is 2.53. The van der Waals surface area contributed by atoms with E-state index >= 15 is 0 Å². The van der Waals surface area contributed by atoms with Crippen molar-refractivity contribution in [2.75, 3.05) is 0 Å². The number of hydrogen-bond donors (Lipinski definition) is 0. The van der Waals surface area contributed by atoms with Crippen LogP contribution in [0.15, 0.2) is 328 Å². The van der Waals surface area contributed by atoms with Gasteiger partial charge in [-0.05, 0) is 132 Å². The predicted octanol–water partition coefficient (Wildman–Crippen LogP) is 24.2. The predicted molar refractivity (Wildman–Crippen MR) is 472 cm³/mol. The summed E-state index contributed by atoms with van der Waals surface area (Å²) in [4.78, 5) is 48.4. The molecular weight excluding hydrogens is 1440 g/mol. The summed E-state index contributed by atoms with van der Waals surface area (Å²) in [5.74, 6) is 4.60. The molecule has 0 saturated carbocycles. The van der Waals surface area contributed by atoms with E-state index in [-0.39, 0.29) is 10.8 Å². The molecule has 14 aromatic carbocycles. The van der Waals surface area contributed by atoms with E-state index in [1.54, 1.807) is 0 Å². The molecule has 5 heterocycles. The fourth-order valence-electron chi connectivity index (χ4n) is 16.8. The third-order valence-electron chi connectivity index (χ3n) is 23.4. The van der Waals surface area contributed by atoms with Crippen molar-refractivity contribution >= 4 is 67.3 Å². The molecule has 3 aliphatic rings.